The van der Waals surface area contributed by atoms with Crippen molar-refractivity contribution in [2.75, 3.05) is 7.11 Å². The highest BCUT2D eigenvalue weighted by Crippen LogP contribution is 2.28. The van der Waals surface area contributed by atoms with Gasteiger partial charge in [-0.05, 0) is 38.5 Å². The number of oxazole rings is 1. The molecular weight excluding hydrogens is 320 g/mol. The summed E-state index contributed by atoms with van der Waals surface area (Å²) in [5, 5.41) is 0. The molecule has 142 valence electrons. The summed E-state index contributed by atoms with van der Waals surface area (Å²) < 4.78 is 9.97. The van der Waals surface area contributed by atoms with Crippen molar-refractivity contribution in [2.45, 2.75) is 73.4 Å². The van der Waals surface area contributed by atoms with Crippen LogP contribution in [0.1, 0.15) is 77.7 Å². The largest absolute Gasteiger partial charge is 0.464 e. The summed E-state index contributed by atoms with van der Waals surface area (Å²) in [6.07, 6.45) is 2.70. The zero-order valence-electron chi connectivity index (χ0n) is 16.8. The van der Waals surface area contributed by atoms with Crippen molar-refractivity contribution in [3.8, 4) is 0 Å². The summed E-state index contributed by atoms with van der Waals surface area (Å²) in [6.45, 7) is 14.8. The molecule has 0 N–H and O–H groups in total. The van der Waals surface area contributed by atoms with E-state index < -0.39 is 5.97 Å². The first kappa shape index (κ1) is 21.2. The molecule has 0 fully saturated rings. The molecule has 0 bridgehead atoms. The van der Waals surface area contributed by atoms with E-state index in [0.717, 1.165) is 6.42 Å². The standard InChI is InChI=1S/C19H32N2O4/c1-13(10-18(2,3)4)9-16(22)21(19(5,6)7)11-15-20-14(12-25-15)17(23)24-8/h12-13H,9-11H2,1-8H3. The summed E-state index contributed by atoms with van der Waals surface area (Å²) in [7, 11) is 1.29. The molecule has 0 aliphatic carbocycles. The van der Waals surface area contributed by atoms with Crippen LogP contribution >= 0.6 is 0 Å². The van der Waals surface area contributed by atoms with Crippen LogP contribution in [0, 0.1) is 11.3 Å². The van der Waals surface area contributed by atoms with E-state index in [2.05, 4.69) is 37.4 Å². The summed E-state index contributed by atoms with van der Waals surface area (Å²) >= 11 is 0. The van der Waals surface area contributed by atoms with Gasteiger partial charge in [0.25, 0.3) is 0 Å². The number of hydrogen-bond acceptors (Lipinski definition) is 5. The van der Waals surface area contributed by atoms with Gasteiger partial charge < -0.3 is 14.1 Å². The number of rotatable bonds is 6. The SMILES string of the molecule is COC(=O)c1coc(CN(C(=O)CC(C)CC(C)(C)C)C(C)(C)C)n1. The molecule has 6 heteroatoms. The number of hydrogen-bond donors (Lipinski definition) is 0. The van der Waals surface area contributed by atoms with Gasteiger partial charge in [0.05, 0.1) is 13.7 Å². The van der Waals surface area contributed by atoms with E-state index >= 15 is 0 Å². The van der Waals surface area contributed by atoms with Crippen LogP contribution in [-0.2, 0) is 16.1 Å². The van der Waals surface area contributed by atoms with Gasteiger partial charge in [0, 0.05) is 12.0 Å². The van der Waals surface area contributed by atoms with Gasteiger partial charge in [0.2, 0.25) is 11.8 Å². The van der Waals surface area contributed by atoms with E-state index in [4.69, 9.17) is 4.42 Å². The van der Waals surface area contributed by atoms with Crippen molar-refractivity contribution < 1.29 is 18.7 Å². The van der Waals surface area contributed by atoms with Crippen LogP contribution in [0.4, 0.5) is 0 Å². The van der Waals surface area contributed by atoms with Gasteiger partial charge in [0.15, 0.2) is 5.69 Å². The van der Waals surface area contributed by atoms with Gasteiger partial charge in [-0.3, -0.25) is 4.79 Å². The van der Waals surface area contributed by atoms with Crippen molar-refractivity contribution in [1.82, 2.24) is 9.88 Å². The number of ether oxygens (including phenoxy) is 1. The Bertz CT molecular complexity index is 593. The lowest BCUT2D eigenvalue weighted by Gasteiger charge is -2.36. The van der Waals surface area contributed by atoms with Crippen LogP contribution in [0.3, 0.4) is 0 Å². The quantitative estimate of drug-likeness (QED) is 0.722. The summed E-state index contributed by atoms with van der Waals surface area (Å²) in [5.41, 5.74) is -0.0808. The molecule has 1 amide bonds. The van der Waals surface area contributed by atoms with E-state index in [1.54, 1.807) is 4.90 Å². The van der Waals surface area contributed by atoms with Gasteiger partial charge in [-0.15, -0.1) is 0 Å². The smallest absolute Gasteiger partial charge is 0.360 e. The summed E-state index contributed by atoms with van der Waals surface area (Å²) in [5.74, 6) is 0.115. The summed E-state index contributed by atoms with van der Waals surface area (Å²) in [6, 6.07) is 0. The maximum Gasteiger partial charge on any atom is 0.360 e. The second-order valence-electron chi connectivity index (χ2n) is 8.84. The fraction of sp³-hybridized carbons (Fsp3) is 0.737. The minimum Gasteiger partial charge on any atom is -0.464 e. The Balaban J connectivity index is 2.86. The van der Waals surface area contributed by atoms with Crippen LogP contribution in [0.25, 0.3) is 0 Å². The normalized spacial score (nSPS) is 13.4. The molecule has 6 nitrogen and oxygen atoms in total. The molecule has 1 atom stereocenters. The number of carbonyl (C=O) groups is 2. The fourth-order valence-electron chi connectivity index (χ4n) is 2.94. The molecule has 1 unspecified atom stereocenters. The first-order chi connectivity index (χ1) is 11.3. The number of methoxy groups -OCH3 is 1. The Hall–Kier alpha value is -1.85. The van der Waals surface area contributed by atoms with Crippen molar-refractivity contribution in [3.63, 3.8) is 0 Å². The van der Waals surface area contributed by atoms with E-state index in [-0.39, 0.29) is 35.0 Å². The molecule has 0 radical (unpaired) electrons. The molecule has 1 aromatic heterocycles. The van der Waals surface area contributed by atoms with Gasteiger partial charge in [-0.1, -0.05) is 27.7 Å². The molecule has 0 saturated carbocycles. The minimum atomic E-state index is -0.553. The molecule has 1 rings (SSSR count). The van der Waals surface area contributed by atoms with Crippen LogP contribution < -0.4 is 0 Å². The second kappa shape index (κ2) is 8.02. The van der Waals surface area contributed by atoms with E-state index in [1.165, 1.54) is 13.4 Å². The highest BCUT2D eigenvalue weighted by molar-refractivity contribution is 5.86. The predicted molar refractivity (Wildman–Crippen MR) is 96.0 cm³/mol. The van der Waals surface area contributed by atoms with Crippen LogP contribution in [0.5, 0.6) is 0 Å². The number of amides is 1. The minimum absolute atomic E-state index is 0.0575. The molecular formula is C19H32N2O4. The number of carbonyl (C=O) groups excluding carboxylic acids is 2. The highest BCUT2D eigenvalue weighted by Gasteiger charge is 2.30. The third-order valence-corrected chi connectivity index (χ3v) is 3.83. The molecule has 0 spiro atoms. The van der Waals surface area contributed by atoms with Crippen molar-refractivity contribution in [3.05, 3.63) is 17.8 Å². The van der Waals surface area contributed by atoms with Crippen LogP contribution in [0.2, 0.25) is 0 Å². The maximum atomic E-state index is 12.9. The van der Waals surface area contributed by atoms with Crippen molar-refractivity contribution in [2.24, 2.45) is 11.3 Å². The lowest BCUT2D eigenvalue weighted by atomic mass is 9.84. The zero-order chi connectivity index (χ0) is 19.4. The zero-order valence-corrected chi connectivity index (χ0v) is 16.8. The van der Waals surface area contributed by atoms with Gasteiger partial charge in [-0.2, -0.15) is 0 Å². The average molecular weight is 352 g/mol. The highest BCUT2D eigenvalue weighted by atomic mass is 16.5. The fourth-order valence-corrected chi connectivity index (χ4v) is 2.94. The molecule has 25 heavy (non-hydrogen) atoms. The monoisotopic (exact) mass is 352 g/mol. The molecule has 1 aromatic rings. The second-order valence-corrected chi connectivity index (χ2v) is 8.84. The van der Waals surface area contributed by atoms with Crippen LogP contribution in [-0.4, -0.2) is 34.4 Å². The van der Waals surface area contributed by atoms with Crippen molar-refractivity contribution in [1.29, 1.82) is 0 Å². The van der Waals surface area contributed by atoms with Gasteiger partial charge in [0.1, 0.15) is 6.26 Å². The molecule has 0 saturated heterocycles. The van der Waals surface area contributed by atoms with Crippen LogP contribution in [0.15, 0.2) is 10.7 Å². The Labute approximate surface area is 150 Å². The lowest BCUT2D eigenvalue weighted by Crippen LogP contribution is -2.45. The predicted octanol–water partition coefficient (Wildman–Crippen LogP) is 4.05. The Kier molecular flexibility index (Phi) is 6.80. The Morgan fingerprint density at radius 3 is 2.32 bits per heavy atom. The Morgan fingerprint density at radius 1 is 1.24 bits per heavy atom. The molecule has 0 aromatic carbocycles. The first-order valence-electron chi connectivity index (χ1n) is 8.66. The number of esters is 1. The molecule has 0 aliphatic heterocycles. The summed E-state index contributed by atoms with van der Waals surface area (Å²) in [4.78, 5) is 30.2. The number of aromatic nitrogens is 1. The van der Waals surface area contributed by atoms with E-state index in [1.807, 2.05) is 20.8 Å². The topological polar surface area (TPSA) is 72.6 Å². The van der Waals surface area contributed by atoms with E-state index in [9.17, 15) is 9.59 Å². The van der Waals surface area contributed by atoms with Crippen molar-refractivity contribution >= 4 is 11.9 Å². The van der Waals surface area contributed by atoms with E-state index in [0.29, 0.717) is 12.3 Å². The molecule has 1 heterocycles. The van der Waals surface area contributed by atoms with Gasteiger partial charge in [-0.25, -0.2) is 9.78 Å². The van der Waals surface area contributed by atoms with Gasteiger partial charge >= 0.3 is 5.97 Å². The first-order valence-corrected chi connectivity index (χ1v) is 8.66. The lowest BCUT2D eigenvalue weighted by molar-refractivity contribution is -0.138. The maximum absolute atomic E-state index is 12.9. The third-order valence-electron chi connectivity index (χ3n) is 3.83. The third kappa shape index (κ3) is 6.88. The number of nitrogens with zero attached hydrogens (tertiary/aromatic N) is 2. The Morgan fingerprint density at radius 2 is 1.84 bits per heavy atom. The molecule has 0 aliphatic rings. The average Bonchev–Trinajstić information content (AvgIpc) is 2.88.